The third-order valence-electron chi connectivity index (χ3n) is 4.10. The quantitative estimate of drug-likeness (QED) is 0.923. The Morgan fingerprint density at radius 3 is 2.67 bits per heavy atom. The third-order valence-corrected chi connectivity index (χ3v) is 4.10. The lowest BCUT2D eigenvalue weighted by molar-refractivity contribution is -0.228. The maximum Gasteiger partial charge on any atom is 0.187 e. The van der Waals surface area contributed by atoms with Gasteiger partial charge in [-0.1, -0.05) is 18.2 Å². The molecular weight excluding hydrogens is 270 g/mol. The number of benzene rings is 1. The van der Waals surface area contributed by atoms with Gasteiger partial charge in [-0.25, -0.2) is 0 Å². The molecule has 21 heavy (non-hydrogen) atoms. The van der Waals surface area contributed by atoms with E-state index < -0.39 is 12.1 Å². The van der Waals surface area contributed by atoms with Gasteiger partial charge in [-0.05, 0) is 31.4 Å². The number of H-pyrrole nitrogens is 1. The van der Waals surface area contributed by atoms with Crippen LogP contribution in [0.4, 0.5) is 0 Å². The molecule has 112 valence electrons. The lowest BCUT2D eigenvalue weighted by atomic mass is 10.1. The van der Waals surface area contributed by atoms with E-state index in [1.54, 1.807) is 7.11 Å². The van der Waals surface area contributed by atoms with Gasteiger partial charge in [0, 0.05) is 18.3 Å². The summed E-state index contributed by atoms with van der Waals surface area (Å²) in [6.07, 6.45) is -0.998. The fraction of sp³-hybridized carbons (Fsp3) is 0.500. The number of para-hydroxylation sites is 1. The normalized spacial score (nSPS) is 34.4. The minimum absolute atomic E-state index is 0.169. The number of rotatable bonds is 2. The molecular formula is C16H19NO4. The smallest absolute Gasteiger partial charge is 0.187 e. The molecule has 0 spiro atoms. The summed E-state index contributed by atoms with van der Waals surface area (Å²) in [7, 11) is 1.63. The highest BCUT2D eigenvalue weighted by Crippen LogP contribution is 2.45. The van der Waals surface area contributed by atoms with E-state index in [0.29, 0.717) is 0 Å². The molecule has 1 aromatic carbocycles. The number of methoxy groups -OCH3 is 1. The van der Waals surface area contributed by atoms with Crippen LogP contribution in [0.3, 0.4) is 0 Å². The zero-order chi connectivity index (χ0) is 14.6. The SMILES string of the molecule is CO[C@H]1O[C@H](c2cc3ccccc3[nH]2)[C@@H]2OC(C)(C)O[C@H]12. The molecule has 0 amide bonds. The van der Waals surface area contributed by atoms with Gasteiger partial charge in [0.1, 0.15) is 18.3 Å². The molecule has 2 fully saturated rings. The number of ether oxygens (including phenoxy) is 4. The van der Waals surface area contributed by atoms with E-state index in [9.17, 15) is 0 Å². The first kappa shape index (κ1) is 13.3. The topological polar surface area (TPSA) is 52.7 Å². The molecule has 5 nitrogen and oxygen atoms in total. The van der Waals surface area contributed by atoms with Gasteiger partial charge in [0.25, 0.3) is 0 Å². The Labute approximate surface area is 123 Å². The predicted molar refractivity (Wildman–Crippen MR) is 76.7 cm³/mol. The molecule has 3 heterocycles. The zero-order valence-corrected chi connectivity index (χ0v) is 12.3. The molecule has 0 radical (unpaired) electrons. The van der Waals surface area contributed by atoms with E-state index in [4.69, 9.17) is 18.9 Å². The van der Waals surface area contributed by atoms with E-state index in [1.807, 2.05) is 26.0 Å². The van der Waals surface area contributed by atoms with Gasteiger partial charge < -0.3 is 23.9 Å². The first-order chi connectivity index (χ1) is 10.1. The first-order valence-electron chi connectivity index (χ1n) is 7.19. The average Bonchev–Trinajstić information content (AvgIpc) is 3.08. The summed E-state index contributed by atoms with van der Waals surface area (Å²) in [4.78, 5) is 3.41. The van der Waals surface area contributed by atoms with E-state index in [-0.39, 0.29) is 18.3 Å². The molecule has 0 unspecified atom stereocenters. The van der Waals surface area contributed by atoms with E-state index >= 15 is 0 Å². The maximum absolute atomic E-state index is 6.02. The van der Waals surface area contributed by atoms with Crippen molar-refractivity contribution in [1.29, 1.82) is 0 Å². The van der Waals surface area contributed by atoms with Crippen LogP contribution in [-0.4, -0.2) is 36.4 Å². The Morgan fingerprint density at radius 1 is 1.14 bits per heavy atom. The van der Waals surface area contributed by atoms with Crippen LogP contribution in [-0.2, 0) is 18.9 Å². The fourth-order valence-electron chi connectivity index (χ4n) is 3.25. The summed E-state index contributed by atoms with van der Waals surface area (Å²) in [6.45, 7) is 3.83. The van der Waals surface area contributed by atoms with E-state index in [1.165, 1.54) is 0 Å². The third kappa shape index (κ3) is 2.08. The van der Waals surface area contributed by atoms with Gasteiger partial charge >= 0.3 is 0 Å². The molecule has 4 rings (SSSR count). The van der Waals surface area contributed by atoms with Crippen molar-refractivity contribution in [3.8, 4) is 0 Å². The number of fused-ring (bicyclic) bond motifs is 2. The lowest BCUT2D eigenvalue weighted by Crippen LogP contribution is -2.30. The molecule has 2 aliphatic rings. The van der Waals surface area contributed by atoms with Gasteiger partial charge in [0.05, 0.1) is 0 Å². The van der Waals surface area contributed by atoms with Gasteiger partial charge in [0.2, 0.25) is 0 Å². The minimum atomic E-state index is -0.611. The summed E-state index contributed by atoms with van der Waals surface area (Å²) in [5.74, 6) is -0.611. The largest absolute Gasteiger partial charge is 0.356 e. The molecule has 4 atom stereocenters. The summed E-state index contributed by atoms with van der Waals surface area (Å²) in [6, 6.07) is 10.3. The van der Waals surface area contributed by atoms with Crippen LogP contribution in [0.2, 0.25) is 0 Å². The van der Waals surface area contributed by atoms with Crippen LogP contribution in [0.15, 0.2) is 30.3 Å². The Bertz CT molecular complexity index is 632. The molecule has 0 aliphatic carbocycles. The summed E-state index contributed by atoms with van der Waals surface area (Å²) in [5.41, 5.74) is 2.08. The number of hydrogen-bond donors (Lipinski definition) is 1. The second-order valence-electron chi connectivity index (χ2n) is 6.04. The Morgan fingerprint density at radius 2 is 1.90 bits per heavy atom. The summed E-state index contributed by atoms with van der Waals surface area (Å²) >= 11 is 0. The van der Waals surface area contributed by atoms with Gasteiger partial charge in [-0.3, -0.25) is 0 Å². The van der Waals surface area contributed by atoms with Crippen LogP contribution in [0, 0.1) is 0 Å². The first-order valence-corrected chi connectivity index (χ1v) is 7.19. The summed E-state index contributed by atoms with van der Waals surface area (Å²) in [5, 5.41) is 1.16. The van der Waals surface area contributed by atoms with Gasteiger partial charge in [0.15, 0.2) is 12.1 Å². The highest BCUT2D eigenvalue weighted by atomic mass is 16.8. The van der Waals surface area contributed by atoms with Gasteiger partial charge in [-0.15, -0.1) is 0 Å². The number of aromatic nitrogens is 1. The highest BCUT2D eigenvalue weighted by molar-refractivity contribution is 5.80. The number of aromatic amines is 1. The van der Waals surface area contributed by atoms with Crippen molar-refractivity contribution in [2.75, 3.05) is 7.11 Å². The maximum atomic E-state index is 6.02. The molecule has 2 saturated heterocycles. The average molecular weight is 289 g/mol. The second-order valence-corrected chi connectivity index (χ2v) is 6.04. The molecule has 1 aromatic heterocycles. The van der Waals surface area contributed by atoms with Crippen molar-refractivity contribution in [1.82, 2.24) is 4.98 Å². The van der Waals surface area contributed by atoms with Crippen LogP contribution in [0.5, 0.6) is 0 Å². The minimum Gasteiger partial charge on any atom is -0.356 e. The molecule has 1 N–H and O–H groups in total. The van der Waals surface area contributed by atoms with Crippen molar-refractivity contribution < 1.29 is 18.9 Å². The van der Waals surface area contributed by atoms with Crippen LogP contribution >= 0.6 is 0 Å². The van der Waals surface area contributed by atoms with Crippen molar-refractivity contribution in [3.63, 3.8) is 0 Å². The van der Waals surface area contributed by atoms with Crippen LogP contribution in [0.25, 0.3) is 10.9 Å². The van der Waals surface area contributed by atoms with Crippen LogP contribution < -0.4 is 0 Å². The van der Waals surface area contributed by atoms with E-state index in [0.717, 1.165) is 16.6 Å². The Hall–Kier alpha value is -1.40. The fourth-order valence-corrected chi connectivity index (χ4v) is 3.25. The molecule has 0 saturated carbocycles. The molecule has 5 heteroatoms. The van der Waals surface area contributed by atoms with Crippen molar-refractivity contribution in [2.45, 2.75) is 44.2 Å². The number of nitrogens with one attached hydrogen (secondary N) is 1. The van der Waals surface area contributed by atoms with Crippen molar-refractivity contribution in [2.24, 2.45) is 0 Å². The highest BCUT2D eigenvalue weighted by Gasteiger charge is 2.56. The Balaban J connectivity index is 1.71. The Kier molecular flexibility index (Phi) is 2.87. The standard InChI is InChI=1S/C16H19NO4/c1-16(2)20-13-12(19-15(18-3)14(13)21-16)11-8-9-6-4-5-7-10(9)17-11/h4-8,12-15,17H,1-3H3/t12-,13+,14+,15+/m1/s1. The molecule has 0 bridgehead atoms. The number of hydrogen-bond acceptors (Lipinski definition) is 4. The monoisotopic (exact) mass is 289 g/mol. The zero-order valence-electron chi connectivity index (χ0n) is 12.3. The van der Waals surface area contributed by atoms with Crippen molar-refractivity contribution in [3.05, 3.63) is 36.0 Å². The summed E-state index contributed by atoms with van der Waals surface area (Å²) < 4.78 is 23.3. The molecule has 2 aliphatic heterocycles. The van der Waals surface area contributed by atoms with Crippen molar-refractivity contribution >= 4 is 10.9 Å². The van der Waals surface area contributed by atoms with E-state index in [2.05, 4.69) is 23.2 Å². The van der Waals surface area contributed by atoms with Crippen LogP contribution in [0.1, 0.15) is 25.6 Å². The second kappa shape index (κ2) is 4.55. The lowest BCUT2D eigenvalue weighted by Gasteiger charge is -2.23. The predicted octanol–water partition coefficient (Wildman–Crippen LogP) is 2.73. The van der Waals surface area contributed by atoms with Gasteiger partial charge in [-0.2, -0.15) is 0 Å². The molecule has 2 aromatic rings.